The zero-order valence-corrected chi connectivity index (χ0v) is 11.2. The maximum atomic E-state index is 5.13. The van der Waals surface area contributed by atoms with Gasteiger partial charge < -0.3 is 15.4 Å². The van der Waals surface area contributed by atoms with E-state index in [2.05, 4.69) is 20.6 Å². The van der Waals surface area contributed by atoms with Crippen molar-refractivity contribution in [2.75, 3.05) is 24.3 Å². The van der Waals surface area contributed by atoms with Crippen molar-refractivity contribution in [2.45, 2.75) is 13.5 Å². The van der Waals surface area contributed by atoms with Crippen molar-refractivity contribution >= 4 is 11.8 Å². The minimum Gasteiger partial charge on any atom is -0.497 e. The first kappa shape index (κ1) is 13.1. The average molecular weight is 258 g/mol. The molecule has 0 atom stereocenters. The first-order valence-electron chi connectivity index (χ1n) is 6.25. The normalized spacial score (nSPS) is 10.0. The number of aromatic nitrogens is 2. The van der Waals surface area contributed by atoms with Gasteiger partial charge in [-0.05, 0) is 30.7 Å². The van der Waals surface area contributed by atoms with Crippen LogP contribution in [0.25, 0.3) is 0 Å². The van der Waals surface area contributed by atoms with E-state index < -0.39 is 0 Å². The summed E-state index contributed by atoms with van der Waals surface area (Å²) in [4.78, 5) is 8.48. The third-order valence-electron chi connectivity index (χ3n) is 2.62. The Balaban J connectivity index is 1.95. The van der Waals surface area contributed by atoms with E-state index in [4.69, 9.17) is 4.74 Å². The van der Waals surface area contributed by atoms with Gasteiger partial charge in [0.05, 0.1) is 7.11 Å². The molecular weight excluding hydrogens is 240 g/mol. The molecule has 0 aliphatic carbocycles. The summed E-state index contributed by atoms with van der Waals surface area (Å²) in [5.41, 5.74) is 1.17. The van der Waals surface area contributed by atoms with Gasteiger partial charge in [0.1, 0.15) is 11.6 Å². The summed E-state index contributed by atoms with van der Waals surface area (Å²) in [7, 11) is 1.66. The van der Waals surface area contributed by atoms with Crippen LogP contribution >= 0.6 is 0 Å². The van der Waals surface area contributed by atoms with Gasteiger partial charge in [0.25, 0.3) is 0 Å². The monoisotopic (exact) mass is 258 g/mol. The molecule has 2 N–H and O–H groups in total. The highest BCUT2D eigenvalue weighted by atomic mass is 16.5. The molecule has 0 saturated carbocycles. The lowest BCUT2D eigenvalue weighted by Gasteiger charge is -2.08. The molecule has 0 aliphatic rings. The molecule has 1 aromatic carbocycles. The minimum atomic E-state index is 0.641. The van der Waals surface area contributed by atoms with Gasteiger partial charge in [0.15, 0.2) is 0 Å². The summed E-state index contributed by atoms with van der Waals surface area (Å²) in [6, 6.07) is 9.79. The lowest BCUT2D eigenvalue weighted by atomic mass is 10.2. The molecule has 5 heteroatoms. The van der Waals surface area contributed by atoms with Crippen LogP contribution in [0.1, 0.15) is 12.5 Å². The van der Waals surface area contributed by atoms with E-state index in [0.29, 0.717) is 12.5 Å². The predicted molar refractivity (Wildman–Crippen MR) is 76.5 cm³/mol. The Labute approximate surface area is 113 Å². The fourth-order valence-corrected chi connectivity index (χ4v) is 1.64. The van der Waals surface area contributed by atoms with Gasteiger partial charge >= 0.3 is 0 Å². The Morgan fingerprint density at radius 2 is 1.89 bits per heavy atom. The number of benzene rings is 1. The standard InChI is InChI=1S/C14H18N4O/c1-3-15-14-16-9-8-13(18-14)17-10-11-4-6-12(19-2)7-5-11/h4-9H,3,10H2,1-2H3,(H2,15,16,17,18). The number of nitrogens with zero attached hydrogens (tertiary/aromatic N) is 2. The maximum Gasteiger partial charge on any atom is 0.224 e. The van der Waals surface area contributed by atoms with E-state index in [0.717, 1.165) is 18.1 Å². The second-order valence-electron chi connectivity index (χ2n) is 4.00. The van der Waals surface area contributed by atoms with Gasteiger partial charge in [-0.1, -0.05) is 12.1 Å². The molecule has 1 heterocycles. The number of nitrogens with one attached hydrogen (secondary N) is 2. The molecule has 100 valence electrons. The second kappa shape index (κ2) is 6.58. The van der Waals surface area contributed by atoms with Crippen LogP contribution < -0.4 is 15.4 Å². The number of hydrogen-bond donors (Lipinski definition) is 2. The minimum absolute atomic E-state index is 0.641. The molecule has 0 aliphatic heterocycles. The zero-order chi connectivity index (χ0) is 13.5. The van der Waals surface area contributed by atoms with Gasteiger partial charge in [-0.15, -0.1) is 0 Å². The Bertz CT molecular complexity index is 513. The Morgan fingerprint density at radius 3 is 2.58 bits per heavy atom. The highest BCUT2D eigenvalue weighted by Gasteiger charge is 1.98. The highest BCUT2D eigenvalue weighted by molar-refractivity contribution is 5.40. The lowest BCUT2D eigenvalue weighted by Crippen LogP contribution is -2.06. The molecule has 19 heavy (non-hydrogen) atoms. The van der Waals surface area contributed by atoms with E-state index in [1.807, 2.05) is 37.3 Å². The van der Waals surface area contributed by atoms with Crippen molar-refractivity contribution < 1.29 is 4.74 Å². The second-order valence-corrected chi connectivity index (χ2v) is 4.00. The van der Waals surface area contributed by atoms with E-state index in [9.17, 15) is 0 Å². The summed E-state index contributed by atoms with van der Waals surface area (Å²) in [5.74, 6) is 2.31. The van der Waals surface area contributed by atoms with Gasteiger partial charge in [-0.25, -0.2) is 4.98 Å². The maximum absolute atomic E-state index is 5.13. The molecular formula is C14H18N4O. The number of hydrogen-bond acceptors (Lipinski definition) is 5. The SMILES string of the molecule is CCNc1nccc(NCc2ccc(OC)cc2)n1. The molecule has 0 spiro atoms. The van der Waals surface area contributed by atoms with E-state index in [-0.39, 0.29) is 0 Å². The lowest BCUT2D eigenvalue weighted by molar-refractivity contribution is 0.414. The van der Waals surface area contributed by atoms with Crippen molar-refractivity contribution in [3.8, 4) is 5.75 Å². The van der Waals surface area contributed by atoms with Crippen LogP contribution in [0.2, 0.25) is 0 Å². The average Bonchev–Trinajstić information content (AvgIpc) is 2.46. The molecule has 5 nitrogen and oxygen atoms in total. The molecule has 0 bridgehead atoms. The Morgan fingerprint density at radius 1 is 1.11 bits per heavy atom. The van der Waals surface area contributed by atoms with E-state index >= 15 is 0 Å². The van der Waals surface area contributed by atoms with Crippen molar-refractivity contribution in [2.24, 2.45) is 0 Å². The number of rotatable bonds is 6. The molecule has 1 aromatic heterocycles. The van der Waals surface area contributed by atoms with Crippen LogP contribution in [0.5, 0.6) is 5.75 Å². The van der Waals surface area contributed by atoms with Crippen LogP contribution in [0, 0.1) is 0 Å². The Kier molecular flexibility index (Phi) is 4.55. The van der Waals surface area contributed by atoms with Crippen molar-refractivity contribution in [3.05, 3.63) is 42.1 Å². The predicted octanol–water partition coefficient (Wildman–Crippen LogP) is 2.53. The van der Waals surface area contributed by atoms with Gasteiger partial charge in [-0.3, -0.25) is 0 Å². The molecule has 0 fully saturated rings. The quantitative estimate of drug-likeness (QED) is 0.833. The molecule has 2 rings (SSSR count). The first-order valence-corrected chi connectivity index (χ1v) is 6.25. The van der Waals surface area contributed by atoms with Gasteiger partial charge in [0.2, 0.25) is 5.95 Å². The largest absolute Gasteiger partial charge is 0.497 e. The molecule has 0 amide bonds. The fourth-order valence-electron chi connectivity index (χ4n) is 1.64. The zero-order valence-electron chi connectivity index (χ0n) is 11.2. The van der Waals surface area contributed by atoms with Gasteiger partial charge in [-0.2, -0.15) is 4.98 Å². The van der Waals surface area contributed by atoms with Crippen LogP contribution in [-0.4, -0.2) is 23.6 Å². The fraction of sp³-hybridized carbons (Fsp3) is 0.286. The summed E-state index contributed by atoms with van der Waals surface area (Å²) < 4.78 is 5.13. The van der Waals surface area contributed by atoms with Crippen LogP contribution in [0.3, 0.4) is 0 Å². The first-order chi connectivity index (χ1) is 9.31. The Hall–Kier alpha value is -2.30. The summed E-state index contributed by atoms with van der Waals surface area (Å²) >= 11 is 0. The highest BCUT2D eigenvalue weighted by Crippen LogP contribution is 2.13. The summed E-state index contributed by atoms with van der Waals surface area (Å²) in [6.45, 7) is 3.54. The summed E-state index contributed by atoms with van der Waals surface area (Å²) in [5, 5.41) is 6.35. The molecule has 0 unspecified atom stereocenters. The molecule has 0 radical (unpaired) electrons. The van der Waals surface area contributed by atoms with Crippen molar-refractivity contribution in [3.63, 3.8) is 0 Å². The van der Waals surface area contributed by atoms with Crippen LogP contribution in [-0.2, 0) is 6.54 Å². The molecule has 2 aromatic rings. The van der Waals surface area contributed by atoms with Gasteiger partial charge in [0, 0.05) is 19.3 Å². The smallest absolute Gasteiger partial charge is 0.224 e. The van der Waals surface area contributed by atoms with Crippen LogP contribution in [0.4, 0.5) is 11.8 Å². The molecule has 0 saturated heterocycles. The number of methoxy groups -OCH3 is 1. The van der Waals surface area contributed by atoms with Crippen LogP contribution in [0.15, 0.2) is 36.5 Å². The van der Waals surface area contributed by atoms with E-state index in [1.165, 1.54) is 5.56 Å². The topological polar surface area (TPSA) is 59.1 Å². The third kappa shape index (κ3) is 3.84. The van der Waals surface area contributed by atoms with Crippen molar-refractivity contribution in [1.29, 1.82) is 0 Å². The van der Waals surface area contributed by atoms with E-state index in [1.54, 1.807) is 13.3 Å². The summed E-state index contributed by atoms with van der Waals surface area (Å²) in [6.07, 6.45) is 1.74. The third-order valence-corrected chi connectivity index (χ3v) is 2.62. The number of ether oxygens (including phenoxy) is 1. The van der Waals surface area contributed by atoms with Crippen molar-refractivity contribution in [1.82, 2.24) is 9.97 Å². The number of anilines is 2.